The molecule has 0 bridgehead atoms. The lowest BCUT2D eigenvalue weighted by atomic mass is 10.3. The van der Waals surface area contributed by atoms with Gasteiger partial charge in [-0.2, -0.15) is 0 Å². The minimum atomic E-state index is -0.942. The second-order valence-corrected chi connectivity index (χ2v) is 2.67. The van der Waals surface area contributed by atoms with Crippen LogP contribution in [0.5, 0.6) is 5.88 Å². The number of nitrogens with one attached hydrogen (secondary N) is 1. The molecule has 0 saturated carbocycles. The van der Waals surface area contributed by atoms with E-state index in [1.807, 2.05) is 0 Å². The maximum Gasteiger partial charge on any atom is 0.325 e. The summed E-state index contributed by atoms with van der Waals surface area (Å²) in [6.07, 6.45) is 0. The minimum Gasteiger partial charge on any atom is -0.480 e. The Morgan fingerprint density at radius 2 is 2.29 bits per heavy atom. The lowest BCUT2D eigenvalue weighted by Gasteiger charge is -2.08. The summed E-state index contributed by atoms with van der Waals surface area (Å²) in [5, 5.41) is 18.7. The van der Waals surface area contributed by atoms with Crippen LogP contribution in [0.1, 0.15) is 6.92 Å². The number of carboxylic acid groups (broad SMARTS) is 1. The quantitative estimate of drug-likeness (QED) is 0.725. The molecule has 0 aliphatic carbocycles. The molecule has 6 heteroatoms. The molecular weight excluding hydrogens is 186 g/mol. The average Bonchev–Trinajstić information content (AvgIpc) is 2.19. The van der Waals surface area contributed by atoms with Gasteiger partial charge in [-0.1, -0.05) is 0 Å². The number of nitrogens with zero attached hydrogens (tertiary/aromatic N) is 2. The fourth-order valence-electron chi connectivity index (χ4n) is 0.789. The van der Waals surface area contributed by atoms with Crippen LogP contribution in [-0.4, -0.2) is 34.4 Å². The molecule has 0 saturated heterocycles. The summed E-state index contributed by atoms with van der Waals surface area (Å²) >= 11 is 0. The van der Waals surface area contributed by atoms with Gasteiger partial charge in [0, 0.05) is 6.07 Å². The van der Waals surface area contributed by atoms with Crippen LogP contribution in [0.4, 0.5) is 5.82 Å². The van der Waals surface area contributed by atoms with E-state index in [1.54, 1.807) is 12.1 Å². The third-order valence-corrected chi connectivity index (χ3v) is 1.58. The highest BCUT2D eigenvalue weighted by Crippen LogP contribution is 2.08. The number of anilines is 1. The van der Waals surface area contributed by atoms with Gasteiger partial charge in [0.05, 0.1) is 7.11 Å². The first-order chi connectivity index (χ1) is 6.63. The highest BCUT2D eigenvalue weighted by atomic mass is 16.5. The molecule has 6 nitrogen and oxygen atoms in total. The average molecular weight is 197 g/mol. The van der Waals surface area contributed by atoms with Gasteiger partial charge in [-0.25, -0.2) is 0 Å². The van der Waals surface area contributed by atoms with Gasteiger partial charge in [-0.3, -0.25) is 4.79 Å². The number of rotatable bonds is 4. The lowest BCUT2D eigenvalue weighted by molar-refractivity contribution is -0.137. The first kappa shape index (κ1) is 10.2. The van der Waals surface area contributed by atoms with Crippen molar-refractivity contribution >= 4 is 11.8 Å². The number of hydrogen-bond donors (Lipinski definition) is 2. The maximum atomic E-state index is 10.5. The van der Waals surface area contributed by atoms with Crippen molar-refractivity contribution in [2.24, 2.45) is 0 Å². The van der Waals surface area contributed by atoms with Crippen molar-refractivity contribution in [2.45, 2.75) is 13.0 Å². The van der Waals surface area contributed by atoms with E-state index in [0.717, 1.165) is 0 Å². The maximum absolute atomic E-state index is 10.5. The van der Waals surface area contributed by atoms with E-state index in [4.69, 9.17) is 9.84 Å². The van der Waals surface area contributed by atoms with Crippen molar-refractivity contribution in [1.82, 2.24) is 10.2 Å². The fraction of sp³-hybridized carbons (Fsp3) is 0.375. The van der Waals surface area contributed by atoms with E-state index in [9.17, 15) is 4.79 Å². The molecule has 2 N–H and O–H groups in total. The summed E-state index contributed by atoms with van der Waals surface area (Å²) in [5.74, 6) is -0.151. The molecular formula is C8H11N3O3. The Balaban J connectivity index is 2.64. The summed E-state index contributed by atoms with van der Waals surface area (Å²) in [4.78, 5) is 10.5. The number of carboxylic acids is 1. The molecule has 1 aromatic rings. The number of hydrogen-bond acceptors (Lipinski definition) is 5. The lowest BCUT2D eigenvalue weighted by Crippen LogP contribution is -2.25. The molecule has 76 valence electrons. The largest absolute Gasteiger partial charge is 0.480 e. The molecule has 1 rings (SSSR count). The Morgan fingerprint density at radius 3 is 2.71 bits per heavy atom. The van der Waals surface area contributed by atoms with Crippen LogP contribution in [0.25, 0.3) is 0 Å². The van der Waals surface area contributed by atoms with E-state index in [-0.39, 0.29) is 0 Å². The number of aliphatic carboxylic acids is 1. The zero-order chi connectivity index (χ0) is 10.6. The SMILES string of the molecule is COc1ccc(NC(C)C(=O)O)nn1. The summed E-state index contributed by atoms with van der Waals surface area (Å²) < 4.78 is 4.80. The highest BCUT2D eigenvalue weighted by Gasteiger charge is 2.10. The Bertz CT molecular complexity index is 312. The number of aromatic nitrogens is 2. The van der Waals surface area contributed by atoms with E-state index >= 15 is 0 Å². The Labute approximate surface area is 80.9 Å². The van der Waals surface area contributed by atoms with Crippen molar-refractivity contribution in [3.05, 3.63) is 12.1 Å². The van der Waals surface area contributed by atoms with Crippen LogP contribution in [0.15, 0.2) is 12.1 Å². The second kappa shape index (κ2) is 4.40. The van der Waals surface area contributed by atoms with Gasteiger partial charge in [0.2, 0.25) is 5.88 Å². The Morgan fingerprint density at radius 1 is 1.57 bits per heavy atom. The molecule has 0 aliphatic rings. The monoisotopic (exact) mass is 197 g/mol. The minimum absolute atomic E-state index is 0.388. The summed E-state index contributed by atoms with van der Waals surface area (Å²) in [7, 11) is 1.48. The van der Waals surface area contributed by atoms with E-state index in [0.29, 0.717) is 11.7 Å². The van der Waals surface area contributed by atoms with Crippen LogP contribution in [-0.2, 0) is 4.79 Å². The molecule has 0 amide bonds. The van der Waals surface area contributed by atoms with Crippen molar-refractivity contribution in [3.8, 4) is 5.88 Å². The topological polar surface area (TPSA) is 84.3 Å². The standard InChI is InChI=1S/C8H11N3O3/c1-5(8(12)13)9-6-3-4-7(14-2)11-10-6/h3-5H,1-2H3,(H,9,10)(H,12,13). The first-order valence-corrected chi connectivity index (χ1v) is 4.00. The van der Waals surface area contributed by atoms with Crippen LogP contribution in [0.3, 0.4) is 0 Å². The second-order valence-electron chi connectivity index (χ2n) is 2.67. The van der Waals surface area contributed by atoms with Gasteiger partial charge >= 0.3 is 5.97 Å². The molecule has 0 aromatic carbocycles. The van der Waals surface area contributed by atoms with Gasteiger partial charge in [0.1, 0.15) is 11.9 Å². The van der Waals surface area contributed by atoms with Gasteiger partial charge < -0.3 is 15.2 Å². The molecule has 1 heterocycles. The van der Waals surface area contributed by atoms with Crippen LogP contribution in [0, 0.1) is 0 Å². The van der Waals surface area contributed by atoms with E-state index in [1.165, 1.54) is 14.0 Å². The van der Waals surface area contributed by atoms with E-state index < -0.39 is 12.0 Å². The number of methoxy groups -OCH3 is 1. The third-order valence-electron chi connectivity index (χ3n) is 1.58. The predicted octanol–water partition coefficient (Wildman–Crippen LogP) is 0.370. The van der Waals surface area contributed by atoms with Gasteiger partial charge in [-0.05, 0) is 13.0 Å². The third kappa shape index (κ3) is 2.58. The normalized spacial score (nSPS) is 11.9. The molecule has 1 unspecified atom stereocenters. The van der Waals surface area contributed by atoms with Crippen molar-refractivity contribution in [1.29, 1.82) is 0 Å². The smallest absolute Gasteiger partial charge is 0.325 e. The van der Waals surface area contributed by atoms with Crippen LogP contribution in [0.2, 0.25) is 0 Å². The zero-order valence-corrected chi connectivity index (χ0v) is 7.89. The van der Waals surface area contributed by atoms with Gasteiger partial charge in [-0.15, -0.1) is 10.2 Å². The van der Waals surface area contributed by atoms with Crippen molar-refractivity contribution in [3.63, 3.8) is 0 Å². The molecule has 0 aliphatic heterocycles. The first-order valence-electron chi connectivity index (χ1n) is 4.00. The number of carbonyl (C=O) groups is 1. The number of ether oxygens (including phenoxy) is 1. The molecule has 0 fully saturated rings. The Hall–Kier alpha value is -1.85. The zero-order valence-electron chi connectivity index (χ0n) is 7.89. The van der Waals surface area contributed by atoms with Crippen molar-refractivity contribution < 1.29 is 14.6 Å². The fourth-order valence-corrected chi connectivity index (χ4v) is 0.789. The van der Waals surface area contributed by atoms with Crippen LogP contribution < -0.4 is 10.1 Å². The van der Waals surface area contributed by atoms with E-state index in [2.05, 4.69) is 15.5 Å². The highest BCUT2D eigenvalue weighted by molar-refractivity contribution is 5.76. The molecule has 0 radical (unpaired) electrons. The Kier molecular flexibility index (Phi) is 3.22. The predicted molar refractivity (Wildman–Crippen MR) is 49.3 cm³/mol. The van der Waals surface area contributed by atoms with Gasteiger partial charge in [0.15, 0.2) is 0 Å². The molecule has 1 aromatic heterocycles. The molecule has 0 spiro atoms. The van der Waals surface area contributed by atoms with Crippen molar-refractivity contribution in [2.75, 3.05) is 12.4 Å². The summed E-state index contributed by atoms with van der Waals surface area (Å²) in [6, 6.07) is 2.51. The van der Waals surface area contributed by atoms with Crippen LogP contribution >= 0.6 is 0 Å². The summed E-state index contributed by atoms with van der Waals surface area (Å²) in [5.41, 5.74) is 0. The molecule has 14 heavy (non-hydrogen) atoms. The van der Waals surface area contributed by atoms with Gasteiger partial charge in [0.25, 0.3) is 0 Å². The molecule has 1 atom stereocenters. The summed E-state index contributed by atoms with van der Waals surface area (Å²) in [6.45, 7) is 1.52.